The minimum absolute atomic E-state index is 0. The smallest absolute Gasteiger partial charge is 0.0896 e. The van der Waals surface area contributed by atoms with Gasteiger partial charge in [0.25, 0.3) is 0 Å². The van der Waals surface area contributed by atoms with Crippen LogP contribution < -0.4 is 0 Å². The molecule has 0 aliphatic heterocycles. The summed E-state index contributed by atoms with van der Waals surface area (Å²) in [5, 5.41) is 0. The van der Waals surface area contributed by atoms with Crippen LogP contribution in [0.3, 0.4) is 0 Å². The summed E-state index contributed by atoms with van der Waals surface area (Å²) < 4.78 is 1.67. The molecule has 26 heavy (non-hydrogen) atoms. The van der Waals surface area contributed by atoms with Crippen LogP contribution in [0.25, 0.3) is 0 Å². The molecular weight excluding hydrogens is 313 g/mol. The molecule has 0 unspecified atom stereocenters. The fraction of sp³-hybridized carbons (Fsp3) is 1.00. The molecule has 2 heteroatoms. The van der Waals surface area contributed by atoms with E-state index in [1.807, 2.05) is 0 Å². The Bertz CT molecular complexity index is 308. The molecule has 0 N–H and O–H groups in total. The van der Waals surface area contributed by atoms with Crippen molar-refractivity contribution in [1.82, 2.24) is 0 Å². The van der Waals surface area contributed by atoms with E-state index in [4.69, 9.17) is 0 Å². The summed E-state index contributed by atoms with van der Waals surface area (Å²) in [7, 11) is 0. The third-order valence-electron chi connectivity index (χ3n) is 8.83. The zero-order valence-electron chi connectivity index (χ0n) is 17.5. The highest BCUT2D eigenvalue weighted by Gasteiger charge is 2.53. The van der Waals surface area contributed by atoms with Gasteiger partial charge in [0.2, 0.25) is 0 Å². The van der Waals surface area contributed by atoms with E-state index < -0.39 is 0 Å². The van der Waals surface area contributed by atoms with E-state index in [0.29, 0.717) is 0 Å². The van der Waals surface area contributed by atoms with Gasteiger partial charge in [-0.2, -0.15) is 0 Å². The SMILES string of the molecule is C1CCC([N+](C2CCCCC2)(C2CCCCC2)C2CCCCC2)CC1.[B-]. The molecule has 4 aliphatic rings. The number of hydrogen-bond acceptors (Lipinski definition) is 0. The maximum Gasteiger partial charge on any atom is 0.0896 e. The van der Waals surface area contributed by atoms with Crippen LogP contribution in [0.4, 0.5) is 0 Å². The fourth-order valence-electron chi connectivity index (χ4n) is 7.90. The van der Waals surface area contributed by atoms with Crippen molar-refractivity contribution >= 4 is 8.41 Å². The summed E-state index contributed by atoms with van der Waals surface area (Å²) in [6.45, 7) is 0. The summed E-state index contributed by atoms with van der Waals surface area (Å²) in [5.74, 6) is 0. The molecule has 0 saturated heterocycles. The molecule has 4 aliphatic carbocycles. The van der Waals surface area contributed by atoms with Gasteiger partial charge in [-0.1, -0.05) is 25.7 Å². The molecule has 4 saturated carbocycles. The van der Waals surface area contributed by atoms with Crippen molar-refractivity contribution in [2.75, 3.05) is 0 Å². The van der Waals surface area contributed by atoms with Crippen molar-refractivity contribution in [3.63, 3.8) is 0 Å². The van der Waals surface area contributed by atoms with Gasteiger partial charge in [0.1, 0.15) is 0 Å². The Morgan fingerprint density at radius 1 is 0.308 bits per heavy atom. The van der Waals surface area contributed by atoms with Crippen molar-refractivity contribution in [1.29, 1.82) is 0 Å². The van der Waals surface area contributed by atoms with Gasteiger partial charge in [0.05, 0.1) is 24.2 Å². The Labute approximate surface area is 165 Å². The molecule has 4 fully saturated rings. The Morgan fingerprint density at radius 3 is 0.692 bits per heavy atom. The Hall–Kier alpha value is 0.0249. The van der Waals surface area contributed by atoms with Crippen molar-refractivity contribution in [2.24, 2.45) is 0 Å². The van der Waals surface area contributed by atoms with E-state index in [1.54, 1.807) is 55.8 Å². The monoisotopic (exact) mass is 357 g/mol. The van der Waals surface area contributed by atoms with Crippen molar-refractivity contribution in [2.45, 2.75) is 153 Å². The molecule has 0 amide bonds. The quantitative estimate of drug-likeness (QED) is 0.385. The molecule has 0 atom stereocenters. The van der Waals surface area contributed by atoms with Crippen molar-refractivity contribution in [3.8, 4) is 0 Å². The molecule has 0 aromatic carbocycles. The lowest BCUT2D eigenvalue weighted by Gasteiger charge is -2.62. The van der Waals surface area contributed by atoms with Gasteiger partial charge in [-0.05, 0) is 103 Å². The maximum absolute atomic E-state index is 1.67. The third-order valence-corrected chi connectivity index (χ3v) is 8.83. The van der Waals surface area contributed by atoms with Crippen LogP contribution >= 0.6 is 0 Å². The first kappa shape index (κ1) is 20.8. The van der Waals surface area contributed by atoms with Crippen molar-refractivity contribution in [3.05, 3.63) is 0 Å². The predicted octanol–water partition coefficient (Wildman–Crippen LogP) is 6.75. The van der Waals surface area contributed by atoms with Crippen LogP contribution in [0.15, 0.2) is 0 Å². The topological polar surface area (TPSA) is 0 Å². The van der Waals surface area contributed by atoms with Gasteiger partial charge >= 0.3 is 0 Å². The van der Waals surface area contributed by atoms with E-state index in [-0.39, 0.29) is 8.41 Å². The second kappa shape index (κ2) is 9.99. The first-order valence-electron chi connectivity index (χ1n) is 12.3. The summed E-state index contributed by atoms with van der Waals surface area (Å²) in [6, 6.07) is 4.18. The van der Waals surface area contributed by atoms with Gasteiger partial charge < -0.3 is 12.9 Å². The normalized spacial score (nSPS) is 28.6. The molecule has 148 valence electrons. The Kier molecular flexibility index (Phi) is 7.97. The highest BCUT2D eigenvalue weighted by atomic mass is 15.4. The minimum Gasteiger partial charge on any atom is -1.00 e. The molecule has 4 rings (SSSR count). The zero-order valence-corrected chi connectivity index (χ0v) is 17.5. The van der Waals surface area contributed by atoms with Gasteiger partial charge in [0, 0.05) is 0 Å². The molecule has 0 heterocycles. The minimum atomic E-state index is 0. The molecular formula is C24H44BN. The predicted molar refractivity (Wildman–Crippen MR) is 114 cm³/mol. The van der Waals surface area contributed by atoms with Gasteiger partial charge in [0.15, 0.2) is 0 Å². The summed E-state index contributed by atoms with van der Waals surface area (Å²) >= 11 is 0. The second-order valence-corrected chi connectivity index (χ2v) is 10.1. The molecule has 0 aromatic rings. The first-order valence-corrected chi connectivity index (χ1v) is 12.3. The molecule has 0 bridgehead atoms. The zero-order chi connectivity index (χ0) is 17.0. The van der Waals surface area contributed by atoms with Gasteiger partial charge in [-0.15, -0.1) is 0 Å². The van der Waals surface area contributed by atoms with E-state index in [9.17, 15) is 0 Å². The second-order valence-electron chi connectivity index (χ2n) is 10.1. The number of nitrogens with zero attached hydrogens (tertiary/aromatic N) is 1. The lowest BCUT2D eigenvalue weighted by Crippen LogP contribution is -2.72. The number of quaternary nitrogens is 1. The first-order chi connectivity index (χ1) is 12.4. The van der Waals surface area contributed by atoms with Crippen LogP contribution in [0.1, 0.15) is 128 Å². The van der Waals surface area contributed by atoms with Crippen LogP contribution in [0.2, 0.25) is 0 Å². The average Bonchev–Trinajstić information content (AvgIpc) is 2.72. The van der Waals surface area contributed by atoms with Crippen LogP contribution in [-0.2, 0) is 0 Å². The number of rotatable bonds is 4. The molecule has 0 spiro atoms. The molecule has 4 radical (unpaired) electrons. The summed E-state index contributed by atoms with van der Waals surface area (Å²) in [5.41, 5.74) is 0. The van der Waals surface area contributed by atoms with E-state index >= 15 is 0 Å². The number of hydrogen-bond donors (Lipinski definition) is 0. The fourth-order valence-corrected chi connectivity index (χ4v) is 7.90. The van der Waals surface area contributed by atoms with Gasteiger partial charge in [-0.3, -0.25) is 0 Å². The lowest BCUT2D eigenvalue weighted by molar-refractivity contribution is -1.02. The molecule has 1 nitrogen and oxygen atoms in total. The van der Waals surface area contributed by atoms with Crippen LogP contribution in [0.5, 0.6) is 0 Å². The molecule has 0 aromatic heterocycles. The Morgan fingerprint density at radius 2 is 0.500 bits per heavy atom. The average molecular weight is 357 g/mol. The Balaban J connectivity index is 0.00000196. The standard InChI is InChI=1S/C24H44N.B/c1-5-13-21(14-6-1)25(22-15-7-2-8-16-22,23-17-9-3-10-18-23)24-19-11-4-12-20-24;/h21-24H,1-20H2;/q+1;-1. The van der Waals surface area contributed by atoms with Crippen LogP contribution in [0, 0.1) is 0 Å². The van der Waals surface area contributed by atoms with E-state index in [2.05, 4.69) is 0 Å². The van der Waals surface area contributed by atoms with E-state index in [1.165, 1.54) is 77.0 Å². The van der Waals surface area contributed by atoms with Crippen LogP contribution in [-0.4, -0.2) is 37.1 Å². The van der Waals surface area contributed by atoms with E-state index in [0.717, 1.165) is 24.2 Å². The highest BCUT2D eigenvalue weighted by molar-refractivity contribution is 5.75. The van der Waals surface area contributed by atoms with Crippen molar-refractivity contribution < 1.29 is 4.48 Å². The summed E-state index contributed by atoms with van der Waals surface area (Å²) in [4.78, 5) is 0. The maximum atomic E-state index is 1.67. The van der Waals surface area contributed by atoms with Gasteiger partial charge in [-0.25, -0.2) is 0 Å². The lowest BCUT2D eigenvalue weighted by atomic mass is 9.76. The highest BCUT2D eigenvalue weighted by Crippen LogP contribution is 2.47. The third kappa shape index (κ3) is 4.06. The summed E-state index contributed by atoms with van der Waals surface area (Å²) in [6.07, 6.45) is 31.0. The largest absolute Gasteiger partial charge is 1.00 e.